The number of nitrogen functional groups attached to an aromatic ring is 1. The third-order valence-electron chi connectivity index (χ3n) is 3.48. The number of fused-ring (bicyclic) bond motifs is 1. The average molecular weight is 274 g/mol. The zero-order chi connectivity index (χ0) is 13.4. The highest BCUT2D eigenvalue weighted by molar-refractivity contribution is 6.29. The Balaban J connectivity index is 2.11. The van der Waals surface area contributed by atoms with Gasteiger partial charge in [-0.15, -0.1) is 0 Å². The standard InChI is InChI=1S/C15H16ClN3/c1-10-4-6-13-11(9-10)3-2-8-19(13)15-12(17)5-7-14(16)18-15/h4-7,9H,2-3,8,17H2,1H3. The summed E-state index contributed by atoms with van der Waals surface area (Å²) in [6, 6.07) is 10.0. The number of nitrogens with zero attached hydrogens (tertiary/aromatic N) is 2. The van der Waals surface area contributed by atoms with Gasteiger partial charge in [-0.1, -0.05) is 29.3 Å². The molecule has 2 N–H and O–H groups in total. The van der Waals surface area contributed by atoms with Crippen LogP contribution in [0.25, 0.3) is 0 Å². The van der Waals surface area contributed by atoms with E-state index in [1.165, 1.54) is 16.8 Å². The summed E-state index contributed by atoms with van der Waals surface area (Å²) in [5, 5.41) is 0.475. The Morgan fingerprint density at radius 1 is 1.26 bits per heavy atom. The minimum atomic E-state index is 0.475. The van der Waals surface area contributed by atoms with E-state index in [1.54, 1.807) is 6.07 Å². The molecule has 0 atom stereocenters. The topological polar surface area (TPSA) is 42.2 Å². The van der Waals surface area contributed by atoms with Crippen molar-refractivity contribution in [2.45, 2.75) is 19.8 Å². The van der Waals surface area contributed by atoms with Crippen LogP contribution in [0.15, 0.2) is 30.3 Å². The summed E-state index contributed by atoms with van der Waals surface area (Å²) in [6.07, 6.45) is 2.21. The maximum atomic E-state index is 6.04. The molecule has 1 aliphatic rings. The number of hydrogen-bond acceptors (Lipinski definition) is 3. The first-order valence-corrected chi connectivity index (χ1v) is 6.82. The molecule has 4 heteroatoms. The molecule has 0 unspecified atom stereocenters. The molecule has 1 aromatic heterocycles. The Morgan fingerprint density at radius 3 is 2.95 bits per heavy atom. The van der Waals surface area contributed by atoms with Crippen LogP contribution in [0.3, 0.4) is 0 Å². The van der Waals surface area contributed by atoms with Gasteiger partial charge in [-0.05, 0) is 43.5 Å². The lowest BCUT2D eigenvalue weighted by Crippen LogP contribution is -2.26. The smallest absolute Gasteiger partial charge is 0.158 e. The molecule has 0 amide bonds. The van der Waals surface area contributed by atoms with Crippen LogP contribution in [0.1, 0.15) is 17.5 Å². The number of pyridine rings is 1. The van der Waals surface area contributed by atoms with Gasteiger partial charge in [-0.25, -0.2) is 4.98 Å². The van der Waals surface area contributed by atoms with E-state index in [-0.39, 0.29) is 0 Å². The van der Waals surface area contributed by atoms with Crippen LogP contribution in [0.5, 0.6) is 0 Å². The molecule has 2 aromatic rings. The molecule has 1 aliphatic heterocycles. The van der Waals surface area contributed by atoms with Gasteiger partial charge in [0.1, 0.15) is 5.15 Å². The fourth-order valence-corrected chi connectivity index (χ4v) is 2.74. The van der Waals surface area contributed by atoms with Gasteiger partial charge >= 0.3 is 0 Å². The monoisotopic (exact) mass is 273 g/mol. The molecular weight excluding hydrogens is 258 g/mol. The second-order valence-corrected chi connectivity index (χ2v) is 5.32. The Hall–Kier alpha value is -1.74. The SMILES string of the molecule is Cc1ccc2c(c1)CCCN2c1nc(Cl)ccc1N. The number of aromatic nitrogens is 1. The van der Waals surface area contributed by atoms with Gasteiger partial charge in [0, 0.05) is 12.2 Å². The van der Waals surface area contributed by atoms with Gasteiger partial charge in [0.25, 0.3) is 0 Å². The maximum Gasteiger partial charge on any atom is 0.158 e. The highest BCUT2D eigenvalue weighted by Gasteiger charge is 2.21. The number of anilines is 3. The summed E-state index contributed by atoms with van der Waals surface area (Å²) in [4.78, 5) is 6.55. The van der Waals surface area contributed by atoms with Crippen LogP contribution in [0, 0.1) is 6.92 Å². The Bertz CT molecular complexity index is 625. The van der Waals surface area contributed by atoms with Crippen molar-refractivity contribution in [1.82, 2.24) is 4.98 Å². The molecule has 0 saturated heterocycles. The van der Waals surface area contributed by atoms with Crippen molar-refractivity contribution in [3.05, 3.63) is 46.6 Å². The van der Waals surface area contributed by atoms with Crippen molar-refractivity contribution in [2.24, 2.45) is 0 Å². The van der Waals surface area contributed by atoms with Gasteiger partial charge in [-0.3, -0.25) is 0 Å². The lowest BCUT2D eigenvalue weighted by atomic mass is 9.99. The average Bonchev–Trinajstić information content (AvgIpc) is 2.40. The Morgan fingerprint density at radius 2 is 2.11 bits per heavy atom. The number of halogens is 1. The van der Waals surface area contributed by atoms with Crippen molar-refractivity contribution in [3.63, 3.8) is 0 Å². The summed E-state index contributed by atoms with van der Waals surface area (Å²) in [7, 11) is 0. The highest BCUT2D eigenvalue weighted by atomic mass is 35.5. The fraction of sp³-hybridized carbons (Fsp3) is 0.267. The second-order valence-electron chi connectivity index (χ2n) is 4.93. The first-order chi connectivity index (χ1) is 9.15. The number of rotatable bonds is 1. The minimum absolute atomic E-state index is 0.475. The molecule has 1 aromatic carbocycles. The quantitative estimate of drug-likeness (QED) is 0.806. The van der Waals surface area contributed by atoms with Crippen molar-refractivity contribution >= 4 is 28.8 Å². The van der Waals surface area contributed by atoms with E-state index in [1.807, 2.05) is 6.07 Å². The fourth-order valence-electron chi connectivity index (χ4n) is 2.60. The predicted molar refractivity (Wildman–Crippen MR) is 80.2 cm³/mol. The third kappa shape index (κ3) is 2.26. The number of aryl methyl sites for hydroxylation is 2. The maximum absolute atomic E-state index is 6.04. The second kappa shape index (κ2) is 4.74. The lowest BCUT2D eigenvalue weighted by molar-refractivity contribution is 0.760. The summed E-state index contributed by atoms with van der Waals surface area (Å²) in [6.45, 7) is 3.04. The van der Waals surface area contributed by atoms with Crippen molar-refractivity contribution in [2.75, 3.05) is 17.2 Å². The molecule has 0 spiro atoms. The minimum Gasteiger partial charge on any atom is -0.396 e. The van der Waals surface area contributed by atoms with Crippen LogP contribution in [0.4, 0.5) is 17.2 Å². The third-order valence-corrected chi connectivity index (χ3v) is 3.69. The number of nitrogens with two attached hydrogens (primary N) is 1. The van der Waals surface area contributed by atoms with Gasteiger partial charge in [-0.2, -0.15) is 0 Å². The normalized spacial score (nSPS) is 14.3. The predicted octanol–water partition coefficient (Wildman–Crippen LogP) is 3.71. The van der Waals surface area contributed by atoms with Crippen LogP contribution in [-0.4, -0.2) is 11.5 Å². The van der Waals surface area contributed by atoms with E-state index in [2.05, 4.69) is 35.0 Å². The summed E-state index contributed by atoms with van der Waals surface area (Å²) >= 11 is 6.00. The van der Waals surface area contributed by atoms with Gasteiger partial charge in [0.15, 0.2) is 5.82 Å². The van der Waals surface area contributed by atoms with E-state index < -0.39 is 0 Å². The molecular formula is C15H16ClN3. The van der Waals surface area contributed by atoms with E-state index in [0.717, 1.165) is 25.2 Å². The largest absolute Gasteiger partial charge is 0.396 e. The Labute approximate surface area is 118 Å². The Kier molecular flexibility index (Phi) is 3.07. The van der Waals surface area contributed by atoms with Gasteiger partial charge in [0.2, 0.25) is 0 Å². The van der Waals surface area contributed by atoms with E-state index >= 15 is 0 Å². The zero-order valence-corrected chi connectivity index (χ0v) is 11.6. The van der Waals surface area contributed by atoms with E-state index in [0.29, 0.717) is 10.8 Å². The van der Waals surface area contributed by atoms with Crippen molar-refractivity contribution in [1.29, 1.82) is 0 Å². The summed E-state index contributed by atoms with van der Waals surface area (Å²) < 4.78 is 0. The molecule has 0 radical (unpaired) electrons. The van der Waals surface area contributed by atoms with Crippen LogP contribution >= 0.6 is 11.6 Å². The van der Waals surface area contributed by atoms with E-state index in [9.17, 15) is 0 Å². The van der Waals surface area contributed by atoms with Gasteiger partial charge < -0.3 is 10.6 Å². The van der Waals surface area contributed by atoms with Crippen LogP contribution < -0.4 is 10.6 Å². The molecule has 98 valence electrons. The van der Waals surface area contributed by atoms with Gasteiger partial charge in [0.05, 0.1) is 5.69 Å². The molecule has 0 saturated carbocycles. The van der Waals surface area contributed by atoms with Crippen LogP contribution in [0.2, 0.25) is 5.15 Å². The first kappa shape index (κ1) is 12.3. The van der Waals surface area contributed by atoms with E-state index in [4.69, 9.17) is 17.3 Å². The van der Waals surface area contributed by atoms with Crippen molar-refractivity contribution < 1.29 is 0 Å². The molecule has 3 rings (SSSR count). The molecule has 0 bridgehead atoms. The lowest BCUT2D eigenvalue weighted by Gasteiger charge is -2.31. The highest BCUT2D eigenvalue weighted by Crippen LogP contribution is 2.36. The molecule has 2 heterocycles. The van der Waals surface area contributed by atoms with Crippen molar-refractivity contribution in [3.8, 4) is 0 Å². The number of benzene rings is 1. The summed E-state index contributed by atoms with van der Waals surface area (Å²) in [5.74, 6) is 0.761. The first-order valence-electron chi connectivity index (χ1n) is 6.44. The van der Waals surface area contributed by atoms with Crippen LogP contribution in [-0.2, 0) is 6.42 Å². The molecule has 3 nitrogen and oxygen atoms in total. The number of hydrogen-bond donors (Lipinski definition) is 1. The molecule has 0 aliphatic carbocycles. The molecule has 19 heavy (non-hydrogen) atoms. The zero-order valence-electron chi connectivity index (χ0n) is 10.9. The summed E-state index contributed by atoms with van der Waals surface area (Å²) in [5.41, 5.74) is 10.5. The molecule has 0 fully saturated rings.